The number of hydrogen-bond donors (Lipinski definition) is 2. The average Bonchev–Trinajstić information content (AvgIpc) is 2.47. The summed E-state index contributed by atoms with van der Waals surface area (Å²) < 4.78 is 0. The van der Waals surface area contributed by atoms with Gasteiger partial charge in [0.15, 0.2) is 0 Å². The number of hydrogen-bond acceptors (Lipinski definition) is 2. The Hall–Kier alpha value is -0.860. The molecule has 21 heavy (non-hydrogen) atoms. The van der Waals surface area contributed by atoms with Crippen LogP contribution in [0, 0.1) is 0 Å². The first-order valence-corrected chi connectivity index (χ1v) is 8.43. The van der Waals surface area contributed by atoms with Crippen molar-refractivity contribution in [1.29, 1.82) is 0 Å². The van der Waals surface area contributed by atoms with Crippen LogP contribution in [0.1, 0.15) is 64.9 Å². The lowest BCUT2D eigenvalue weighted by Gasteiger charge is -2.35. The molecule has 0 aromatic heterocycles. The molecule has 0 spiro atoms. The van der Waals surface area contributed by atoms with E-state index in [-0.39, 0.29) is 5.41 Å². The van der Waals surface area contributed by atoms with Gasteiger partial charge in [-0.25, -0.2) is 0 Å². The van der Waals surface area contributed by atoms with Gasteiger partial charge in [0.2, 0.25) is 0 Å². The molecular formula is C19H31NO. The van der Waals surface area contributed by atoms with Crippen LogP contribution in [0.4, 0.5) is 0 Å². The third kappa shape index (κ3) is 4.82. The highest BCUT2D eigenvalue weighted by molar-refractivity contribution is 5.23. The number of aliphatic hydroxyl groups is 1. The van der Waals surface area contributed by atoms with Crippen LogP contribution in [0.3, 0.4) is 0 Å². The van der Waals surface area contributed by atoms with Crippen LogP contribution >= 0.6 is 0 Å². The molecule has 2 heteroatoms. The van der Waals surface area contributed by atoms with Gasteiger partial charge in [-0.3, -0.25) is 0 Å². The highest BCUT2D eigenvalue weighted by Gasteiger charge is 2.30. The van der Waals surface area contributed by atoms with Crippen molar-refractivity contribution in [3.05, 3.63) is 35.9 Å². The maximum absolute atomic E-state index is 10.6. The molecule has 0 saturated heterocycles. The van der Waals surface area contributed by atoms with Crippen molar-refractivity contribution in [2.75, 3.05) is 6.54 Å². The zero-order valence-electron chi connectivity index (χ0n) is 13.9. The molecule has 0 amide bonds. The van der Waals surface area contributed by atoms with Crippen LogP contribution in [0.15, 0.2) is 30.3 Å². The summed E-state index contributed by atoms with van der Waals surface area (Å²) in [5, 5.41) is 14.1. The van der Waals surface area contributed by atoms with E-state index in [9.17, 15) is 5.11 Å². The minimum absolute atomic E-state index is 0.156. The summed E-state index contributed by atoms with van der Waals surface area (Å²) in [6.07, 6.45) is 6.60. The van der Waals surface area contributed by atoms with Crippen LogP contribution in [-0.2, 0) is 5.41 Å². The third-order valence-corrected chi connectivity index (χ3v) is 4.94. The monoisotopic (exact) mass is 289 g/mol. The number of nitrogens with one attached hydrogen (secondary N) is 1. The zero-order valence-corrected chi connectivity index (χ0v) is 13.9. The predicted molar refractivity (Wildman–Crippen MR) is 89.6 cm³/mol. The van der Waals surface area contributed by atoms with Gasteiger partial charge in [0, 0.05) is 12.6 Å². The van der Waals surface area contributed by atoms with Gasteiger partial charge in [0.25, 0.3) is 0 Å². The van der Waals surface area contributed by atoms with E-state index in [0.717, 1.165) is 25.8 Å². The Bertz CT molecular complexity index is 420. The van der Waals surface area contributed by atoms with Crippen molar-refractivity contribution in [1.82, 2.24) is 5.32 Å². The van der Waals surface area contributed by atoms with E-state index in [1.54, 1.807) is 0 Å². The van der Waals surface area contributed by atoms with Gasteiger partial charge in [-0.05, 0) is 37.2 Å². The Balaban J connectivity index is 1.85. The first kappa shape index (κ1) is 16.5. The molecule has 2 rings (SSSR count). The van der Waals surface area contributed by atoms with Crippen LogP contribution < -0.4 is 5.32 Å². The third-order valence-electron chi connectivity index (χ3n) is 4.94. The molecule has 1 fully saturated rings. The molecule has 118 valence electrons. The molecule has 1 aromatic carbocycles. The topological polar surface area (TPSA) is 32.3 Å². The largest absolute Gasteiger partial charge is 0.389 e. The normalized spacial score (nSPS) is 20.2. The van der Waals surface area contributed by atoms with Crippen molar-refractivity contribution in [2.24, 2.45) is 0 Å². The van der Waals surface area contributed by atoms with E-state index < -0.39 is 5.60 Å². The molecule has 1 atom stereocenters. The summed E-state index contributed by atoms with van der Waals surface area (Å²) in [7, 11) is 0. The fourth-order valence-corrected chi connectivity index (χ4v) is 3.60. The van der Waals surface area contributed by atoms with Gasteiger partial charge in [0.1, 0.15) is 0 Å². The van der Waals surface area contributed by atoms with Crippen molar-refractivity contribution in [3.8, 4) is 0 Å². The maximum Gasteiger partial charge on any atom is 0.0771 e. The first-order chi connectivity index (χ1) is 9.91. The Labute approximate surface area is 130 Å². The molecule has 1 aliphatic carbocycles. The SMILES string of the molecule is CC(CC(C)(C)c1ccccc1)NCC1(O)CCCCC1. The number of benzene rings is 1. The molecule has 0 bridgehead atoms. The van der Waals surface area contributed by atoms with E-state index in [1.807, 2.05) is 0 Å². The molecular weight excluding hydrogens is 258 g/mol. The summed E-state index contributed by atoms with van der Waals surface area (Å²) in [6.45, 7) is 7.57. The highest BCUT2D eigenvalue weighted by atomic mass is 16.3. The van der Waals surface area contributed by atoms with Crippen LogP contribution in [0.25, 0.3) is 0 Å². The summed E-state index contributed by atoms with van der Waals surface area (Å²) in [5.74, 6) is 0. The quantitative estimate of drug-likeness (QED) is 0.829. The second-order valence-corrected chi connectivity index (χ2v) is 7.52. The van der Waals surface area contributed by atoms with Gasteiger partial charge in [-0.2, -0.15) is 0 Å². The van der Waals surface area contributed by atoms with Gasteiger partial charge < -0.3 is 10.4 Å². The van der Waals surface area contributed by atoms with Crippen LogP contribution in [0.5, 0.6) is 0 Å². The van der Waals surface area contributed by atoms with E-state index in [0.29, 0.717) is 6.04 Å². The summed E-state index contributed by atoms with van der Waals surface area (Å²) in [4.78, 5) is 0. The highest BCUT2D eigenvalue weighted by Crippen LogP contribution is 2.30. The van der Waals surface area contributed by atoms with Gasteiger partial charge in [-0.1, -0.05) is 63.4 Å². The molecule has 0 heterocycles. The smallest absolute Gasteiger partial charge is 0.0771 e. The fourth-order valence-electron chi connectivity index (χ4n) is 3.60. The van der Waals surface area contributed by atoms with Gasteiger partial charge in [0.05, 0.1) is 5.60 Å². The van der Waals surface area contributed by atoms with Crippen LogP contribution in [-0.4, -0.2) is 23.3 Å². The molecule has 1 aromatic rings. The van der Waals surface area contributed by atoms with Gasteiger partial charge in [-0.15, -0.1) is 0 Å². The molecule has 1 aliphatic rings. The lowest BCUT2D eigenvalue weighted by Crippen LogP contribution is -2.46. The first-order valence-electron chi connectivity index (χ1n) is 8.43. The van der Waals surface area contributed by atoms with Crippen molar-refractivity contribution < 1.29 is 5.11 Å². The molecule has 1 unspecified atom stereocenters. The minimum atomic E-state index is -0.469. The fraction of sp³-hybridized carbons (Fsp3) is 0.684. The second-order valence-electron chi connectivity index (χ2n) is 7.52. The lowest BCUT2D eigenvalue weighted by atomic mass is 9.79. The number of rotatable bonds is 6. The molecule has 1 saturated carbocycles. The molecule has 0 aliphatic heterocycles. The Morgan fingerprint density at radius 2 is 1.76 bits per heavy atom. The zero-order chi connectivity index (χ0) is 15.3. The average molecular weight is 289 g/mol. The Morgan fingerprint density at radius 3 is 2.38 bits per heavy atom. The van der Waals surface area contributed by atoms with Crippen molar-refractivity contribution in [3.63, 3.8) is 0 Å². The Morgan fingerprint density at radius 1 is 1.14 bits per heavy atom. The van der Waals surface area contributed by atoms with Gasteiger partial charge >= 0.3 is 0 Å². The Kier molecular flexibility index (Phi) is 5.45. The molecule has 2 N–H and O–H groups in total. The van der Waals surface area contributed by atoms with Crippen molar-refractivity contribution in [2.45, 2.75) is 76.4 Å². The summed E-state index contributed by atoms with van der Waals surface area (Å²) in [6, 6.07) is 11.1. The second kappa shape index (κ2) is 6.93. The van der Waals surface area contributed by atoms with Crippen LogP contribution in [0.2, 0.25) is 0 Å². The molecule has 0 radical (unpaired) electrons. The van der Waals surface area contributed by atoms with E-state index >= 15 is 0 Å². The summed E-state index contributed by atoms with van der Waals surface area (Å²) in [5.41, 5.74) is 1.07. The van der Waals surface area contributed by atoms with E-state index in [1.165, 1.54) is 24.8 Å². The maximum atomic E-state index is 10.6. The van der Waals surface area contributed by atoms with E-state index in [4.69, 9.17) is 0 Å². The van der Waals surface area contributed by atoms with E-state index in [2.05, 4.69) is 56.4 Å². The minimum Gasteiger partial charge on any atom is -0.389 e. The predicted octanol–water partition coefficient (Wildman–Crippen LogP) is 4.03. The molecule has 2 nitrogen and oxygen atoms in total. The lowest BCUT2D eigenvalue weighted by molar-refractivity contribution is 0.00242. The summed E-state index contributed by atoms with van der Waals surface area (Å²) >= 11 is 0. The van der Waals surface area contributed by atoms with Crippen molar-refractivity contribution >= 4 is 0 Å². The standard InChI is InChI=1S/C19H31NO/c1-16(20-15-19(21)12-8-5-9-13-19)14-18(2,3)17-10-6-4-7-11-17/h4,6-7,10-11,16,20-21H,5,8-9,12-15H2,1-3H3.